The molecule has 0 fully saturated rings. The Bertz CT molecular complexity index is 570. The molecule has 0 bridgehead atoms. The Morgan fingerprint density at radius 1 is 1.39 bits per heavy atom. The van der Waals surface area contributed by atoms with Gasteiger partial charge in [0.2, 0.25) is 0 Å². The summed E-state index contributed by atoms with van der Waals surface area (Å²) >= 11 is 0. The summed E-state index contributed by atoms with van der Waals surface area (Å²) in [5.41, 5.74) is 0.486. The Kier molecular flexibility index (Phi) is 7.01. The molecule has 1 aromatic carbocycles. The van der Waals surface area contributed by atoms with Gasteiger partial charge in [0, 0.05) is 23.7 Å². The van der Waals surface area contributed by atoms with Crippen LogP contribution in [0.15, 0.2) is 18.2 Å². The summed E-state index contributed by atoms with van der Waals surface area (Å²) in [5, 5.41) is 35.1. The number of hydrogen-bond acceptors (Lipinski definition) is 8. The number of nitro benzene ring substituents is 1. The molecule has 124 valence electrons. The van der Waals surface area contributed by atoms with Crippen LogP contribution in [0.4, 0.5) is 11.4 Å². The van der Waals surface area contributed by atoms with E-state index in [1.54, 1.807) is 6.07 Å². The number of methoxy groups -OCH3 is 1. The highest BCUT2D eigenvalue weighted by molar-refractivity contribution is 6.52. The van der Waals surface area contributed by atoms with Gasteiger partial charge in [0.1, 0.15) is 6.04 Å². The largest absolute Gasteiger partial charge is 0.468 e. The van der Waals surface area contributed by atoms with Crippen LogP contribution in [0.5, 0.6) is 0 Å². The van der Waals surface area contributed by atoms with Gasteiger partial charge in [-0.3, -0.25) is 14.9 Å². The van der Waals surface area contributed by atoms with Crippen LogP contribution in [0.3, 0.4) is 0 Å². The Morgan fingerprint density at radius 2 is 2.04 bits per heavy atom. The van der Waals surface area contributed by atoms with Crippen molar-refractivity contribution in [2.24, 2.45) is 0 Å². The molecule has 0 aliphatic rings. The third-order valence-electron chi connectivity index (χ3n) is 3.01. The molecule has 23 heavy (non-hydrogen) atoms. The summed E-state index contributed by atoms with van der Waals surface area (Å²) in [6.07, 6.45) is -0.0250. The van der Waals surface area contributed by atoms with E-state index in [-0.39, 0.29) is 12.1 Å². The molecule has 1 atom stereocenters. The zero-order valence-electron chi connectivity index (χ0n) is 13.1. The summed E-state index contributed by atoms with van der Waals surface area (Å²) in [7, 11) is -0.641. The van der Waals surface area contributed by atoms with Crippen LogP contribution in [0.1, 0.15) is 5.56 Å². The Labute approximate surface area is 134 Å². The first-order valence-electron chi connectivity index (χ1n) is 6.98. The normalized spacial score (nSPS) is 11.5. The molecule has 0 saturated heterocycles. The lowest BCUT2D eigenvalue weighted by molar-refractivity contribution is -0.385. The maximum Gasteiger partial charge on any atom is 0.406 e. The second-order valence-electron chi connectivity index (χ2n) is 5.04. The van der Waals surface area contributed by atoms with E-state index < -0.39 is 31.0 Å². The number of ether oxygens (including phenoxy) is 1. The smallest absolute Gasteiger partial charge is 0.406 e. The topological polar surface area (TPSA) is 134 Å². The molecule has 1 rings (SSSR count). The predicted octanol–water partition coefficient (Wildman–Crippen LogP) is -0.0990. The molecular weight excluding hydrogens is 304 g/mol. The lowest BCUT2D eigenvalue weighted by Crippen LogP contribution is -2.46. The zero-order valence-corrected chi connectivity index (χ0v) is 13.1. The van der Waals surface area contributed by atoms with Gasteiger partial charge >= 0.3 is 20.1 Å². The van der Waals surface area contributed by atoms with Gasteiger partial charge in [-0.25, -0.2) is 0 Å². The van der Waals surface area contributed by atoms with Crippen LogP contribution >= 0.6 is 0 Å². The number of anilines is 1. The molecular formula is C12H19B2N3O6. The fraction of sp³-hybridized carbons (Fsp3) is 0.417. The first kappa shape index (κ1) is 18.9. The van der Waals surface area contributed by atoms with E-state index in [1.807, 2.05) is 0 Å². The molecule has 1 aromatic rings. The van der Waals surface area contributed by atoms with Crippen molar-refractivity contribution in [1.29, 1.82) is 0 Å². The summed E-state index contributed by atoms with van der Waals surface area (Å²) in [5.74, 6) is -0.633. The number of nitrogens with zero attached hydrogens (tertiary/aromatic N) is 1. The second kappa shape index (κ2) is 8.51. The number of nitro groups is 1. The maximum absolute atomic E-state index is 11.7. The minimum atomic E-state index is -0.977. The summed E-state index contributed by atoms with van der Waals surface area (Å²) in [6.45, 7) is 2.92. The molecule has 4 N–H and O–H groups in total. The van der Waals surface area contributed by atoms with Crippen LogP contribution in [-0.2, 0) is 16.0 Å². The molecule has 1 unspecified atom stereocenters. The van der Waals surface area contributed by atoms with Gasteiger partial charge in [-0.05, 0) is 19.7 Å². The average molecular weight is 323 g/mol. The van der Waals surface area contributed by atoms with Crippen molar-refractivity contribution < 1.29 is 24.5 Å². The van der Waals surface area contributed by atoms with Gasteiger partial charge in [-0.1, -0.05) is 6.07 Å². The first-order chi connectivity index (χ1) is 10.7. The molecule has 9 nitrogen and oxygen atoms in total. The minimum Gasteiger partial charge on any atom is -0.468 e. The third-order valence-corrected chi connectivity index (χ3v) is 3.01. The fourth-order valence-corrected chi connectivity index (χ4v) is 2.10. The van der Waals surface area contributed by atoms with Crippen LogP contribution in [0.25, 0.3) is 0 Å². The van der Waals surface area contributed by atoms with E-state index in [0.29, 0.717) is 11.3 Å². The lowest BCUT2D eigenvalue weighted by Gasteiger charge is -2.17. The van der Waals surface area contributed by atoms with E-state index in [2.05, 4.69) is 15.2 Å². The van der Waals surface area contributed by atoms with Gasteiger partial charge in [0.15, 0.2) is 0 Å². The number of rotatable bonds is 8. The van der Waals surface area contributed by atoms with Crippen molar-refractivity contribution >= 4 is 31.4 Å². The Morgan fingerprint density at radius 3 is 2.52 bits per heavy atom. The predicted molar refractivity (Wildman–Crippen MR) is 87.0 cm³/mol. The third kappa shape index (κ3) is 5.89. The number of benzene rings is 1. The molecule has 0 aromatic heterocycles. The Balaban J connectivity index is 3.09. The van der Waals surface area contributed by atoms with E-state index >= 15 is 0 Å². The van der Waals surface area contributed by atoms with Gasteiger partial charge in [0.25, 0.3) is 5.69 Å². The highest BCUT2D eigenvalue weighted by Gasteiger charge is 2.26. The summed E-state index contributed by atoms with van der Waals surface area (Å²) in [4.78, 5) is 22.4. The van der Waals surface area contributed by atoms with Gasteiger partial charge in [-0.2, -0.15) is 0 Å². The van der Waals surface area contributed by atoms with E-state index in [1.165, 1.54) is 32.9 Å². The first-order valence-corrected chi connectivity index (χ1v) is 6.98. The zero-order chi connectivity index (χ0) is 17.6. The number of esters is 1. The quantitative estimate of drug-likeness (QED) is 0.225. The lowest BCUT2D eigenvalue weighted by atomic mass is 9.85. The average Bonchev–Trinajstić information content (AvgIpc) is 2.45. The molecule has 0 spiro atoms. The van der Waals surface area contributed by atoms with Crippen molar-refractivity contribution in [3.05, 3.63) is 33.9 Å². The van der Waals surface area contributed by atoms with E-state index in [0.717, 1.165) is 0 Å². The number of carbonyl (C=O) groups excluding carboxylic acids is 1. The van der Waals surface area contributed by atoms with Gasteiger partial charge in [0.05, 0.1) is 12.0 Å². The molecule has 11 heteroatoms. The van der Waals surface area contributed by atoms with Crippen molar-refractivity contribution in [3.8, 4) is 0 Å². The maximum atomic E-state index is 11.7. The monoisotopic (exact) mass is 323 g/mol. The molecule has 0 heterocycles. The number of carbonyl (C=O) groups is 1. The molecule has 0 amide bonds. The molecule has 0 radical (unpaired) electrons. The van der Waals surface area contributed by atoms with E-state index in [4.69, 9.17) is 0 Å². The summed E-state index contributed by atoms with van der Waals surface area (Å²) < 4.78 is 4.63. The highest BCUT2D eigenvalue weighted by atomic mass is 16.6. The van der Waals surface area contributed by atoms with Gasteiger partial charge < -0.3 is 25.2 Å². The summed E-state index contributed by atoms with van der Waals surface area (Å²) in [6, 6.07) is 3.40. The molecule has 0 aliphatic carbocycles. The number of hydrogen-bond donors (Lipinski definition) is 4. The van der Waals surface area contributed by atoms with Crippen molar-refractivity contribution in [3.63, 3.8) is 0 Å². The highest BCUT2D eigenvalue weighted by Crippen LogP contribution is 2.25. The van der Waals surface area contributed by atoms with Crippen LogP contribution in [-0.4, -0.2) is 48.2 Å². The molecule has 0 aliphatic heterocycles. The Hall–Kier alpha value is -2.10. The molecule has 0 saturated carbocycles. The van der Waals surface area contributed by atoms with Gasteiger partial charge in [-0.15, -0.1) is 0 Å². The number of nitrogens with one attached hydrogen (secondary N) is 2. The van der Waals surface area contributed by atoms with Crippen LogP contribution < -0.4 is 10.5 Å². The van der Waals surface area contributed by atoms with Crippen LogP contribution in [0.2, 0.25) is 13.6 Å². The van der Waals surface area contributed by atoms with Crippen molar-refractivity contribution in [2.45, 2.75) is 26.1 Å². The van der Waals surface area contributed by atoms with E-state index in [9.17, 15) is 25.0 Å². The van der Waals surface area contributed by atoms with Crippen molar-refractivity contribution in [2.75, 3.05) is 12.3 Å². The standard InChI is InChI=1S/C12H19B2N3O6/c1-13(19)15-9-5-4-8(11(7-9)17(21)22)6-10(12(18)23-3)16-14(2)20/h4-5,7,10,15-16,19-20H,6H2,1-3H3. The van der Waals surface area contributed by atoms with Crippen molar-refractivity contribution in [1.82, 2.24) is 5.23 Å². The minimum absolute atomic E-state index is 0.0250. The second-order valence-corrected chi connectivity index (χ2v) is 5.04. The fourth-order valence-electron chi connectivity index (χ4n) is 2.10. The SMILES string of the molecule is COC(=O)C(Cc1ccc(NB(C)O)cc1[N+](=O)[O-])NB(C)O. The van der Waals surface area contributed by atoms with Crippen LogP contribution in [0, 0.1) is 10.1 Å².